The SMILES string of the molecule is Cc1nn(-c2cccc(F)c2)cc1C(=O)NC1CC(C(N)=O)C1. The molecular weight excluding hydrogens is 299 g/mol. The van der Waals surface area contributed by atoms with Crippen molar-refractivity contribution in [3.63, 3.8) is 0 Å². The van der Waals surface area contributed by atoms with Gasteiger partial charge in [0.25, 0.3) is 5.91 Å². The largest absolute Gasteiger partial charge is 0.369 e. The molecule has 0 unspecified atom stereocenters. The van der Waals surface area contributed by atoms with Gasteiger partial charge in [-0.3, -0.25) is 9.59 Å². The highest BCUT2D eigenvalue weighted by atomic mass is 19.1. The molecule has 0 saturated heterocycles. The Bertz CT molecular complexity index is 765. The Hall–Kier alpha value is -2.70. The summed E-state index contributed by atoms with van der Waals surface area (Å²) in [7, 11) is 0. The molecule has 2 aromatic rings. The van der Waals surface area contributed by atoms with Gasteiger partial charge in [0.2, 0.25) is 5.91 Å². The lowest BCUT2D eigenvalue weighted by molar-refractivity contribution is -0.124. The lowest BCUT2D eigenvalue weighted by Crippen LogP contribution is -2.48. The third kappa shape index (κ3) is 3.08. The lowest BCUT2D eigenvalue weighted by Gasteiger charge is -2.33. The maximum Gasteiger partial charge on any atom is 0.254 e. The monoisotopic (exact) mass is 316 g/mol. The van der Waals surface area contributed by atoms with E-state index >= 15 is 0 Å². The number of carbonyl (C=O) groups excluding carboxylic acids is 2. The van der Waals surface area contributed by atoms with Gasteiger partial charge in [-0.2, -0.15) is 5.10 Å². The number of primary amides is 1. The first kappa shape index (κ1) is 15.2. The van der Waals surface area contributed by atoms with Crippen molar-refractivity contribution in [2.45, 2.75) is 25.8 Å². The fourth-order valence-electron chi connectivity index (χ4n) is 2.67. The van der Waals surface area contributed by atoms with Gasteiger partial charge >= 0.3 is 0 Å². The molecule has 1 saturated carbocycles. The van der Waals surface area contributed by atoms with Crippen molar-refractivity contribution < 1.29 is 14.0 Å². The van der Waals surface area contributed by atoms with Crippen LogP contribution in [0.2, 0.25) is 0 Å². The number of aryl methyl sites for hydroxylation is 1. The second-order valence-corrected chi connectivity index (χ2v) is 5.79. The van der Waals surface area contributed by atoms with E-state index in [0.29, 0.717) is 29.8 Å². The van der Waals surface area contributed by atoms with E-state index in [2.05, 4.69) is 10.4 Å². The van der Waals surface area contributed by atoms with Crippen LogP contribution in [0.25, 0.3) is 5.69 Å². The van der Waals surface area contributed by atoms with E-state index in [1.165, 1.54) is 16.8 Å². The molecule has 1 fully saturated rings. The van der Waals surface area contributed by atoms with Crippen LogP contribution in [-0.2, 0) is 4.79 Å². The highest BCUT2D eigenvalue weighted by Gasteiger charge is 2.34. The number of hydrogen-bond acceptors (Lipinski definition) is 3. The number of hydrogen-bond donors (Lipinski definition) is 2. The van der Waals surface area contributed by atoms with Crippen LogP contribution in [0.4, 0.5) is 4.39 Å². The molecule has 1 heterocycles. The highest BCUT2D eigenvalue weighted by Crippen LogP contribution is 2.27. The lowest BCUT2D eigenvalue weighted by atomic mass is 9.80. The first-order valence-electron chi connectivity index (χ1n) is 7.36. The predicted molar refractivity (Wildman–Crippen MR) is 81.4 cm³/mol. The minimum atomic E-state index is -0.367. The molecule has 1 aromatic heterocycles. The summed E-state index contributed by atoms with van der Waals surface area (Å²) in [5.74, 6) is -1.10. The van der Waals surface area contributed by atoms with Crippen molar-refractivity contribution in [1.82, 2.24) is 15.1 Å². The van der Waals surface area contributed by atoms with Crippen molar-refractivity contribution in [1.29, 1.82) is 0 Å². The van der Waals surface area contributed by atoms with Gasteiger partial charge in [-0.25, -0.2) is 9.07 Å². The summed E-state index contributed by atoms with van der Waals surface area (Å²) in [5.41, 5.74) is 6.74. The molecule has 0 aliphatic heterocycles. The van der Waals surface area contributed by atoms with Crippen LogP contribution in [0.5, 0.6) is 0 Å². The molecule has 0 spiro atoms. The molecule has 7 heteroatoms. The van der Waals surface area contributed by atoms with E-state index in [0.717, 1.165) is 0 Å². The second kappa shape index (κ2) is 5.83. The van der Waals surface area contributed by atoms with E-state index in [4.69, 9.17) is 5.73 Å². The smallest absolute Gasteiger partial charge is 0.254 e. The zero-order valence-corrected chi connectivity index (χ0v) is 12.6. The Morgan fingerprint density at radius 1 is 1.39 bits per heavy atom. The topological polar surface area (TPSA) is 90.0 Å². The molecule has 0 radical (unpaired) electrons. The van der Waals surface area contributed by atoms with E-state index in [1.807, 2.05) is 0 Å². The maximum atomic E-state index is 13.3. The summed E-state index contributed by atoms with van der Waals surface area (Å²) in [4.78, 5) is 23.3. The number of nitrogens with zero attached hydrogens (tertiary/aromatic N) is 2. The van der Waals surface area contributed by atoms with Gasteiger partial charge in [0.05, 0.1) is 16.9 Å². The van der Waals surface area contributed by atoms with Gasteiger partial charge in [-0.15, -0.1) is 0 Å². The minimum Gasteiger partial charge on any atom is -0.369 e. The Balaban J connectivity index is 1.71. The second-order valence-electron chi connectivity index (χ2n) is 5.79. The predicted octanol–water partition coefficient (Wildman–Crippen LogP) is 1.31. The fraction of sp³-hybridized carbons (Fsp3) is 0.312. The molecule has 3 N–H and O–H groups in total. The molecule has 23 heavy (non-hydrogen) atoms. The molecule has 120 valence electrons. The normalized spacial score (nSPS) is 19.9. The standard InChI is InChI=1S/C16H17FN4O2/c1-9-14(16(23)19-12-5-10(6-12)15(18)22)8-21(20-9)13-4-2-3-11(17)7-13/h2-4,7-8,10,12H,5-6H2,1H3,(H2,18,22)(H,19,23). The first-order valence-corrected chi connectivity index (χ1v) is 7.36. The molecule has 2 amide bonds. The van der Waals surface area contributed by atoms with E-state index in [1.54, 1.807) is 25.3 Å². The summed E-state index contributed by atoms with van der Waals surface area (Å²) in [6, 6.07) is 5.94. The van der Waals surface area contributed by atoms with Crippen LogP contribution in [0, 0.1) is 18.7 Å². The summed E-state index contributed by atoms with van der Waals surface area (Å²) in [6.45, 7) is 1.72. The molecule has 3 rings (SSSR count). The molecular formula is C16H17FN4O2. The van der Waals surface area contributed by atoms with E-state index < -0.39 is 0 Å². The molecule has 0 bridgehead atoms. The Kier molecular flexibility index (Phi) is 3.85. The zero-order valence-electron chi connectivity index (χ0n) is 12.6. The number of carbonyl (C=O) groups is 2. The van der Waals surface area contributed by atoms with Gasteiger partial charge in [-0.05, 0) is 38.0 Å². The quantitative estimate of drug-likeness (QED) is 0.891. The van der Waals surface area contributed by atoms with Crippen molar-refractivity contribution in [3.05, 3.63) is 47.5 Å². The molecule has 1 aromatic carbocycles. The molecule has 6 nitrogen and oxygen atoms in total. The van der Waals surface area contributed by atoms with E-state index in [9.17, 15) is 14.0 Å². The maximum absolute atomic E-state index is 13.3. The summed E-state index contributed by atoms with van der Waals surface area (Å²) >= 11 is 0. The molecule has 0 atom stereocenters. The summed E-state index contributed by atoms with van der Waals surface area (Å²) < 4.78 is 14.8. The Morgan fingerprint density at radius 2 is 2.13 bits per heavy atom. The number of amides is 2. The van der Waals surface area contributed by atoms with Crippen LogP contribution in [0.15, 0.2) is 30.5 Å². The number of nitrogens with two attached hydrogens (primary N) is 1. The Morgan fingerprint density at radius 3 is 2.78 bits per heavy atom. The first-order chi connectivity index (χ1) is 10.9. The van der Waals surface area contributed by atoms with Gasteiger partial charge in [0, 0.05) is 18.2 Å². The van der Waals surface area contributed by atoms with Crippen LogP contribution in [-0.4, -0.2) is 27.6 Å². The van der Waals surface area contributed by atoms with Gasteiger partial charge in [0.15, 0.2) is 0 Å². The third-order valence-corrected chi connectivity index (χ3v) is 4.09. The van der Waals surface area contributed by atoms with Crippen molar-refractivity contribution in [3.8, 4) is 5.69 Å². The van der Waals surface area contributed by atoms with Crippen LogP contribution in [0.1, 0.15) is 28.9 Å². The van der Waals surface area contributed by atoms with Crippen molar-refractivity contribution in [2.24, 2.45) is 11.7 Å². The molecule has 1 aliphatic rings. The number of nitrogens with one attached hydrogen (secondary N) is 1. The van der Waals surface area contributed by atoms with Gasteiger partial charge in [-0.1, -0.05) is 6.07 Å². The zero-order chi connectivity index (χ0) is 16.6. The van der Waals surface area contributed by atoms with Crippen molar-refractivity contribution >= 4 is 11.8 Å². The van der Waals surface area contributed by atoms with Crippen molar-refractivity contribution in [2.75, 3.05) is 0 Å². The fourth-order valence-corrected chi connectivity index (χ4v) is 2.67. The van der Waals surface area contributed by atoms with Crippen LogP contribution >= 0.6 is 0 Å². The van der Waals surface area contributed by atoms with Crippen LogP contribution < -0.4 is 11.1 Å². The third-order valence-electron chi connectivity index (χ3n) is 4.09. The number of rotatable bonds is 4. The summed E-state index contributed by atoms with van der Waals surface area (Å²) in [6.07, 6.45) is 2.71. The number of benzene rings is 1. The minimum absolute atomic E-state index is 0.0445. The summed E-state index contributed by atoms with van der Waals surface area (Å²) in [5, 5.41) is 7.11. The number of halogens is 1. The molecule has 1 aliphatic carbocycles. The Labute approximate surface area is 132 Å². The van der Waals surface area contributed by atoms with Gasteiger partial charge < -0.3 is 11.1 Å². The van der Waals surface area contributed by atoms with E-state index in [-0.39, 0.29) is 29.6 Å². The average Bonchev–Trinajstić information content (AvgIpc) is 2.84. The van der Waals surface area contributed by atoms with Gasteiger partial charge in [0.1, 0.15) is 5.82 Å². The average molecular weight is 316 g/mol. The van der Waals surface area contributed by atoms with Crippen LogP contribution in [0.3, 0.4) is 0 Å². The number of aromatic nitrogens is 2. The highest BCUT2D eigenvalue weighted by molar-refractivity contribution is 5.95.